The molecule has 5 aromatic rings. The number of hydrogen-bond acceptors (Lipinski definition) is 2. The Morgan fingerprint density at radius 3 is 2.14 bits per heavy atom. The molecule has 2 nitrogen and oxygen atoms in total. The minimum Gasteiger partial charge on any atom is -0.508 e. The van der Waals surface area contributed by atoms with Crippen molar-refractivity contribution in [3.8, 4) is 5.75 Å². The molecule has 2 heteroatoms. The van der Waals surface area contributed by atoms with Crippen LogP contribution in [0.3, 0.4) is 0 Å². The molecule has 6 rings (SSSR count). The van der Waals surface area contributed by atoms with E-state index in [0.717, 1.165) is 22.8 Å². The van der Waals surface area contributed by atoms with Gasteiger partial charge in [-0.25, -0.2) is 0 Å². The van der Waals surface area contributed by atoms with E-state index in [1.54, 1.807) is 0 Å². The molecule has 182 valence electrons. The molecular formula is C35H31NO. The monoisotopic (exact) mass is 481 g/mol. The first-order valence-electron chi connectivity index (χ1n) is 13.0. The molecule has 3 atom stereocenters. The summed E-state index contributed by atoms with van der Waals surface area (Å²) in [6.07, 6.45) is 9.70. The molecule has 0 fully saturated rings. The third-order valence-corrected chi connectivity index (χ3v) is 7.86. The highest BCUT2D eigenvalue weighted by molar-refractivity contribution is 5.90. The number of hydrogen-bond donors (Lipinski definition) is 2. The average Bonchev–Trinajstić information content (AvgIpc) is 2.96. The quantitative estimate of drug-likeness (QED) is 0.255. The van der Waals surface area contributed by atoms with E-state index in [2.05, 4.69) is 134 Å². The van der Waals surface area contributed by atoms with Crippen molar-refractivity contribution in [1.29, 1.82) is 0 Å². The molecule has 0 heterocycles. The van der Waals surface area contributed by atoms with Crippen molar-refractivity contribution in [1.82, 2.24) is 5.32 Å². The van der Waals surface area contributed by atoms with E-state index < -0.39 is 5.41 Å². The highest BCUT2D eigenvalue weighted by Crippen LogP contribution is 2.50. The summed E-state index contributed by atoms with van der Waals surface area (Å²) in [6.45, 7) is 2.21. The number of fused-ring (bicyclic) bond motifs is 2. The zero-order chi connectivity index (χ0) is 25.2. The Morgan fingerprint density at radius 2 is 1.38 bits per heavy atom. The van der Waals surface area contributed by atoms with E-state index >= 15 is 0 Å². The van der Waals surface area contributed by atoms with Gasteiger partial charge in [0.05, 0.1) is 6.04 Å². The van der Waals surface area contributed by atoms with Crippen LogP contribution in [0.1, 0.15) is 42.1 Å². The van der Waals surface area contributed by atoms with Crippen molar-refractivity contribution >= 4 is 21.5 Å². The van der Waals surface area contributed by atoms with Gasteiger partial charge in [0.15, 0.2) is 0 Å². The minimum atomic E-state index is -0.416. The molecule has 0 aromatic heterocycles. The molecular weight excluding hydrogens is 450 g/mol. The van der Waals surface area contributed by atoms with Gasteiger partial charge in [-0.15, -0.1) is 0 Å². The van der Waals surface area contributed by atoms with Crippen LogP contribution in [0.4, 0.5) is 0 Å². The highest BCUT2D eigenvalue weighted by Gasteiger charge is 2.42. The van der Waals surface area contributed by atoms with Crippen LogP contribution >= 0.6 is 0 Å². The van der Waals surface area contributed by atoms with Crippen molar-refractivity contribution in [2.24, 2.45) is 0 Å². The normalized spacial score (nSPS) is 18.7. The van der Waals surface area contributed by atoms with Gasteiger partial charge in [-0.2, -0.15) is 0 Å². The predicted octanol–water partition coefficient (Wildman–Crippen LogP) is 8.54. The molecule has 0 amide bonds. The van der Waals surface area contributed by atoms with Gasteiger partial charge < -0.3 is 10.4 Å². The second kappa shape index (κ2) is 9.72. The third-order valence-electron chi connectivity index (χ3n) is 7.86. The van der Waals surface area contributed by atoms with E-state index in [9.17, 15) is 5.11 Å². The number of allylic oxidation sites excluding steroid dienone is 3. The van der Waals surface area contributed by atoms with Gasteiger partial charge in [0.1, 0.15) is 5.75 Å². The van der Waals surface area contributed by atoms with Crippen molar-refractivity contribution < 1.29 is 5.11 Å². The van der Waals surface area contributed by atoms with E-state index in [0.29, 0.717) is 5.75 Å². The molecule has 1 unspecified atom stereocenters. The van der Waals surface area contributed by atoms with Crippen LogP contribution < -0.4 is 5.32 Å². The van der Waals surface area contributed by atoms with Crippen LogP contribution in [-0.4, -0.2) is 5.11 Å². The molecule has 0 saturated carbocycles. The Labute approximate surface area is 218 Å². The molecule has 5 aromatic carbocycles. The second-order valence-electron chi connectivity index (χ2n) is 10.0. The fraction of sp³-hybridized carbons (Fsp3) is 0.143. The topological polar surface area (TPSA) is 32.3 Å². The van der Waals surface area contributed by atoms with Crippen LogP contribution in [0.25, 0.3) is 21.5 Å². The summed E-state index contributed by atoms with van der Waals surface area (Å²) in [7, 11) is 0. The maximum absolute atomic E-state index is 11.5. The Balaban J connectivity index is 1.64. The van der Waals surface area contributed by atoms with E-state index in [-0.39, 0.29) is 12.1 Å². The number of benzene rings is 5. The van der Waals surface area contributed by atoms with E-state index in [1.807, 2.05) is 12.1 Å². The summed E-state index contributed by atoms with van der Waals surface area (Å²) >= 11 is 0. The lowest BCUT2D eigenvalue weighted by Crippen LogP contribution is -2.42. The molecule has 0 radical (unpaired) electrons. The van der Waals surface area contributed by atoms with Gasteiger partial charge in [0.2, 0.25) is 0 Å². The van der Waals surface area contributed by atoms with Crippen molar-refractivity contribution in [3.63, 3.8) is 0 Å². The Kier molecular flexibility index (Phi) is 6.12. The van der Waals surface area contributed by atoms with Crippen molar-refractivity contribution in [3.05, 3.63) is 150 Å². The molecule has 2 N–H and O–H groups in total. The Bertz CT molecular complexity index is 1610. The summed E-state index contributed by atoms with van der Waals surface area (Å²) in [5.74, 6) is 0.319. The zero-order valence-corrected chi connectivity index (χ0v) is 21.0. The summed E-state index contributed by atoms with van der Waals surface area (Å²) < 4.78 is 0. The maximum Gasteiger partial charge on any atom is 0.121 e. The van der Waals surface area contributed by atoms with Crippen LogP contribution in [0.15, 0.2) is 133 Å². The third kappa shape index (κ3) is 4.14. The number of phenols is 1. The number of phenolic OH excluding ortho intramolecular Hbond substituents is 1. The summed E-state index contributed by atoms with van der Waals surface area (Å²) in [4.78, 5) is 0. The maximum atomic E-state index is 11.5. The molecule has 0 bridgehead atoms. The lowest BCUT2D eigenvalue weighted by Gasteiger charge is -2.43. The molecule has 1 aliphatic rings. The zero-order valence-electron chi connectivity index (χ0n) is 21.0. The van der Waals surface area contributed by atoms with Gasteiger partial charge in [0.25, 0.3) is 0 Å². The van der Waals surface area contributed by atoms with Crippen LogP contribution in [0, 0.1) is 0 Å². The summed E-state index contributed by atoms with van der Waals surface area (Å²) in [5, 5.41) is 20.2. The van der Waals surface area contributed by atoms with Gasteiger partial charge >= 0.3 is 0 Å². The van der Waals surface area contributed by atoms with Gasteiger partial charge in [-0.3, -0.25) is 0 Å². The standard InChI is InChI=1S/C35H31NO/c1-25(26-13-4-2-5-14-26)36-34(33-30-19-9-7-16-28(30)21-22-32(33)37)35(23-10-3-11-24-35)31-20-12-17-27-15-6-8-18-29(27)31/h2-23,25,34,36-37H,24H2,1H3/t25-,34+,35?/m0/s1. The van der Waals surface area contributed by atoms with Crippen molar-refractivity contribution in [2.75, 3.05) is 0 Å². The number of nitrogens with one attached hydrogen (secondary N) is 1. The van der Waals surface area contributed by atoms with Crippen LogP contribution in [0.2, 0.25) is 0 Å². The first-order chi connectivity index (χ1) is 18.2. The SMILES string of the molecule is C[C@H](N[C@H](c1c(O)ccc2ccccc12)C1(c2cccc3ccccc23)C=CC=CC1)c1ccccc1. The summed E-state index contributed by atoms with van der Waals surface area (Å²) in [6, 6.07) is 37.9. The number of rotatable bonds is 6. The lowest BCUT2D eigenvalue weighted by atomic mass is 9.66. The molecule has 37 heavy (non-hydrogen) atoms. The Hall–Kier alpha value is -4.14. The van der Waals surface area contributed by atoms with Crippen molar-refractivity contribution in [2.45, 2.75) is 30.8 Å². The van der Waals surface area contributed by atoms with Gasteiger partial charge in [-0.05, 0) is 52.1 Å². The molecule has 0 aliphatic heterocycles. The second-order valence-corrected chi connectivity index (χ2v) is 10.0. The highest BCUT2D eigenvalue weighted by atomic mass is 16.3. The summed E-state index contributed by atoms with van der Waals surface area (Å²) in [5.41, 5.74) is 3.00. The van der Waals surface area contributed by atoms with Gasteiger partial charge in [-0.1, -0.05) is 127 Å². The fourth-order valence-electron chi connectivity index (χ4n) is 6.00. The minimum absolute atomic E-state index is 0.0655. The Morgan fingerprint density at radius 1 is 0.703 bits per heavy atom. The predicted molar refractivity (Wildman–Crippen MR) is 155 cm³/mol. The van der Waals surface area contributed by atoms with Crippen LogP contribution in [-0.2, 0) is 5.41 Å². The first kappa shape index (κ1) is 23.3. The molecule has 1 aliphatic carbocycles. The van der Waals surface area contributed by atoms with Crippen LogP contribution in [0.5, 0.6) is 5.75 Å². The van der Waals surface area contributed by atoms with E-state index in [4.69, 9.17) is 0 Å². The lowest BCUT2D eigenvalue weighted by molar-refractivity contribution is 0.324. The fourth-order valence-corrected chi connectivity index (χ4v) is 6.00. The molecule has 0 saturated heterocycles. The first-order valence-corrected chi connectivity index (χ1v) is 13.0. The average molecular weight is 482 g/mol. The van der Waals surface area contributed by atoms with Gasteiger partial charge in [0, 0.05) is 17.0 Å². The smallest absolute Gasteiger partial charge is 0.121 e. The molecule has 0 spiro atoms. The number of aromatic hydroxyl groups is 1. The van der Waals surface area contributed by atoms with E-state index in [1.165, 1.54) is 21.9 Å². The largest absolute Gasteiger partial charge is 0.508 e.